The van der Waals surface area contributed by atoms with Gasteiger partial charge in [0, 0.05) is 12.3 Å². The third-order valence-corrected chi connectivity index (χ3v) is 2.70. The van der Waals surface area contributed by atoms with Gasteiger partial charge in [0.2, 0.25) is 5.89 Å². The van der Waals surface area contributed by atoms with Crippen molar-refractivity contribution in [3.63, 3.8) is 0 Å². The van der Waals surface area contributed by atoms with E-state index in [9.17, 15) is 0 Å². The van der Waals surface area contributed by atoms with Crippen molar-refractivity contribution in [1.29, 1.82) is 0 Å². The smallest absolute Gasteiger partial charge is 0.226 e. The lowest BCUT2D eigenvalue weighted by molar-refractivity contribution is 0.365. The van der Waals surface area contributed by atoms with Gasteiger partial charge in [-0.05, 0) is 25.2 Å². The Kier molecular flexibility index (Phi) is 2.34. The van der Waals surface area contributed by atoms with Crippen molar-refractivity contribution in [3.8, 4) is 0 Å². The van der Waals surface area contributed by atoms with Crippen molar-refractivity contribution in [2.45, 2.75) is 45.4 Å². The second-order valence-electron chi connectivity index (χ2n) is 4.00. The maximum atomic E-state index is 5.18. The lowest BCUT2D eigenvalue weighted by Crippen LogP contribution is -1.94. The van der Waals surface area contributed by atoms with Gasteiger partial charge < -0.3 is 4.52 Å². The lowest BCUT2D eigenvalue weighted by Gasteiger charge is -1.98. The summed E-state index contributed by atoms with van der Waals surface area (Å²) in [5.74, 6) is 2.96. The standard InChI is InChI=1S/C10H16N2O/c1-3-7(2)10-11-9(13-12-10)6-8-4-5-8/h7-8H,3-6H2,1-2H3. The zero-order valence-corrected chi connectivity index (χ0v) is 8.29. The highest BCUT2D eigenvalue weighted by molar-refractivity contribution is 4.95. The maximum absolute atomic E-state index is 5.18. The van der Waals surface area contributed by atoms with Gasteiger partial charge in [0.25, 0.3) is 0 Å². The molecule has 1 aromatic heterocycles. The SMILES string of the molecule is CCC(C)c1noc(CC2CC2)n1. The normalized spacial score (nSPS) is 18.9. The summed E-state index contributed by atoms with van der Waals surface area (Å²) in [6, 6.07) is 0. The summed E-state index contributed by atoms with van der Waals surface area (Å²) >= 11 is 0. The first-order valence-corrected chi connectivity index (χ1v) is 5.12. The van der Waals surface area contributed by atoms with Crippen LogP contribution in [0.2, 0.25) is 0 Å². The summed E-state index contributed by atoms with van der Waals surface area (Å²) in [5, 5.41) is 3.98. The molecule has 1 atom stereocenters. The van der Waals surface area contributed by atoms with Crippen molar-refractivity contribution in [2.75, 3.05) is 0 Å². The highest BCUT2D eigenvalue weighted by atomic mass is 16.5. The molecule has 0 aromatic carbocycles. The Balaban J connectivity index is 1.99. The minimum Gasteiger partial charge on any atom is -0.339 e. The first-order valence-electron chi connectivity index (χ1n) is 5.12. The molecule has 0 bridgehead atoms. The van der Waals surface area contributed by atoms with Crippen LogP contribution in [0.1, 0.15) is 50.7 Å². The molecule has 3 heteroatoms. The third kappa shape index (κ3) is 2.08. The van der Waals surface area contributed by atoms with Crippen LogP contribution in [-0.4, -0.2) is 10.1 Å². The van der Waals surface area contributed by atoms with E-state index in [-0.39, 0.29) is 0 Å². The molecule has 3 nitrogen and oxygen atoms in total. The quantitative estimate of drug-likeness (QED) is 0.714. The third-order valence-electron chi connectivity index (χ3n) is 2.70. The van der Waals surface area contributed by atoms with Crippen molar-refractivity contribution >= 4 is 0 Å². The average molecular weight is 180 g/mol. The lowest BCUT2D eigenvalue weighted by atomic mass is 10.1. The Morgan fingerprint density at radius 2 is 2.31 bits per heavy atom. The fourth-order valence-electron chi connectivity index (χ4n) is 1.30. The Morgan fingerprint density at radius 3 is 2.92 bits per heavy atom. The Bertz CT molecular complexity index is 278. The molecule has 1 fully saturated rings. The van der Waals surface area contributed by atoms with Crippen LogP contribution in [0, 0.1) is 5.92 Å². The summed E-state index contributed by atoms with van der Waals surface area (Å²) in [7, 11) is 0. The van der Waals surface area contributed by atoms with Crippen LogP contribution in [0.25, 0.3) is 0 Å². The molecule has 72 valence electrons. The summed E-state index contributed by atoms with van der Waals surface area (Å²) in [5.41, 5.74) is 0. The predicted molar refractivity (Wildman–Crippen MR) is 49.4 cm³/mol. The van der Waals surface area contributed by atoms with Crippen LogP contribution in [0.3, 0.4) is 0 Å². The highest BCUT2D eigenvalue weighted by Gasteiger charge is 2.24. The van der Waals surface area contributed by atoms with Gasteiger partial charge in [0.1, 0.15) is 0 Å². The number of hydrogen-bond acceptors (Lipinski definition) is 3. The zero-order valence-electron chi connectivity index (χ0n) is 8.29. The zero-order chi connectivity index (χ0) is 9.26. The molecule has 1 aromatic rings. The van der Waals surface area contributed by atoms with Gasteiger partial charge in [0.05, 0.1) is 0 Å². The van der Waals surface area contributed by atoms with Crippen LogP contribution in [-0.2, 0) is 6.42 Å². The minimum atomic E-state index is 0.428. The Hall–Kier alpha value is -0.860. The van der Waals surface area contributed by atoms with Crippen molar-refractivity contribution in [3.05, 3.63) is 11.7 Å². The summed E-state index contributed by atoms with van der Waals surface area (Å²) < 4.78 is 5.18. The maximum Gasteiger partial charge on any atom is 0.226 e. The molecule has 1 heterocycles. The van der Waals surface area contributed by atoms with Crippen LogP contribution in [0.5, 0.6) is 0 Å². The van der Waals surface area contributed by atoms with Gasteiger partial charge in [-0.15, -0.1) is 0 Å². The van der Waals surface area contributed by atoms with E-state index in [0.29, 0.717) is 5.92 Å². The van der Waals surface area contributed by atoms with Crippen LogP contribution in [0.4, 0.5) is 0 Å². The fraction of sp³-hybridized carbons (Fsp3) is 0.800. The van der Waals surface area contributed by atoms with E-state index >= 15 is 0 Å². The molecule has 1 unspecified atom stereocenters. The molecule has 1 saturated carbocycles. The van der Waals surface area contributed by atoms with Gasteiger partial charge in [-0.1, -0.05) is 19.0 Å². The molecule has 0 N–H and O–H groups in total. The molecule has 2 rings (SSSR count). The van der Waals surface area contributed by atoms with Gasteiger partial charge in [-0.25, -0.2) is 0 Å². The summed E-state index contributed by atoms with van der Waals surface area (Å²) in [6.07, 6.45) is 4.73. The van der Waals surface area contributed by atoms with Gasteiger partial charge in [-0.2, -0.15) is 4.98 Å². The summed E-state index contributed by atoms with van der Waals surface area (Å²) in [6.45, 7) is 4.27. The summed E-state index contributed by atoms with van der Waals surface area (Å²) in [4.78, 5) is 4.38. The predicted octanol–water partition coefficient (Wildman–Crippen LogP) is 2.54. The molecule has 1 aliphatic carbocycles. The number of hydrogen-bond donors (Lipinski definition) is 0. The van der Waals surface area contributed by atoms with Crippen LogP contribution < -0.4 is 0 Å². The molecular formula is C10H16N2O. The van der Waals surface area contributed by atoms with Gasteiger partial charge in [0.15, 0.2) is 5.82 Å². The van der Waals surface area contributed by atoms with Crippen LogP contribution in [0.15, 0.2) is 4.52 Å². The molecule has 0 saturated heterocycles. The van der Waals surface area contributed by atoms with E-state index in [1.165, 1.54) is 12.8 Å². The van der Waals surface area contributed by atoms with Crippen LogP contribution >= 0.6 is 0 Å². The van der Waals surface area contributed by atoms with Crippen molar-refractivity contribution < 1.29 is 4.52 Å². The Morgan fingerprint density at radius 1 is 1.54 bits per heavy atom. The first-order chi connectivity index (χ1) is 6.29. The van der Waals surface area contributed by atoms with Gasteiger partial charge >= 0.3 is 0 Å². The topological polar surface area (TPSA) is 38.9 Å². The second kappa shape index (κ2) is 3.48. The molecule has 0 spiro atoms. The molecule has 13 heavy (non-hydrogen) atoms. The van der Waals surface area contributed by atoms with E-state index in [4.69, 9.17) is 4.52 Å². The van der Waals surface area contributed by atoms with E-state index < -0.39 is 0 Å². The largest absolute Gasteiger partial charge is 0.339 e. The molecule has 0 aliphatic heterocycles. The second-order valence-corrected chi connectivity index (χ2v) is 4.00. The number of rotatable bonds is 4. The molecule has 0 radical (unpaired) electrons. The van der Waals surface area contributed by atoms with E-state index in [2.05, 4.69) is 24.0 Å². The Labute approximate surface area is 78.5 Å². The number of nitrogens with zero attached hydrogens (tertiary/aromatic N) is 2. The first kappa shape index (κ1) is 8.73. The highest BCUT2D eigenvalue weighted by Crippen LogP contribution is 2.32. The average Bonchev–Trinajstić information content (AvgIpc) is 2.81. The molecule has 0 amide bonds. The molecule has 1 aliphatic rings. The fourth-order valence-corrected chi connectivity index (χ4v) is 1.30. The van der Waals surface area contributed by atoms with E-state index in [1.807, 2.05) is 0 Å². The minimum absolute atomic E-state index is 0.428. The van der Waals surface area contributed by atoms with Crippen molar-refractivity contribution in [1.82, 2.24) is 10.1 Å². The van der Waals surface area contributed by atoms with E-state index in [0.717, 1.165) is 30.5 Å². The van der Waals surface area contributed by atoms with E-state index in [1.54, 1.807) is 0 Å². The monoisotopic (exact) mass is 180 g/mol. The molecular weight excluding hydrogens is 164 g/mol. The van der Waals surface area contributed by atoms with Gasteiger partial charge in [-0.3, -0.25) is 0 Å². The van der Waals surface area contributed by atoms with Crippen molar-refractivity contribution in [2.24, 2.45) is 5.92 Å². The number of aromatic nitrogens is 2.